The molecule has 0 N–H and O–H groups in total. The molecule has 70 valence electrons. The Kier molecular flexibility index (Phi) is 2.73. The van der Waals surface area contributed by atoms with Gasteiger partial charge in [-0.15, -0.1) is 0 Å². The Morgan fingerprint density at radius 2 is 2.31 bits per heavy atom. The van der Waals surface area contributed by atoms with E-state index in [1.165, 1.54) is 30.2 Å². The first-order valence-electron chi connectivity index (χ1n) is 5.09. The topological polar surface area (TPSA) is 0 Å². The molecule has 0 saturated heterocycles. The lowest BCUT2D eigenvalue weighted by Crippen LogP contribution is -2.08. The number of aryl methyl sites for hydroxylation is 1. The van der Waals surface area contributed by atoms with Gasteiger partial charge >= 0.3 is 0 Å². The molecule has 1 aliphatic carbocycles. The minimum absolute atomic E-state index is 0.817. The van der Waals surface area contributed by atoms with Crippen LogP contribution < -0.4 is 0 Å². The Balaban J connectivity index is 2.40. The third kappa shape index (κ3) is 1.80. The van der Waals surface area contributed by atoms with E-state index in [9.17, 15) is 0 Å². The number of fused-ring (bicyclic) bond motifs is 1. The van der Waals surface area contributed by atoms with E-state index in [4.69, 9.17) is 0 Å². The summed E-state index contributed by atoms with van der Waals surface area (Å²) in [4.78, 5) is 0. The van der Waals surface area contributed by atoms with Crippen LogP contribution in [0.5, 0.6) is 0 Å². The lowest BCUT2D eigenvalue weighted by atomic mass is 9.81. The highest BCUT2D eigenvalue weighted by atomic mass is 79.9. The fourth-order valence-electron chi connectivity index (χ4n) is 2.31. The van der Waals surface area contributed by atoms with Gasteiger partial charge in [0, 0.05) is 4.47 Å². The molecule has 0 aromatic heterocycles. The van der Waals surface area contributed by atoms with Gasteiger partial charge in [0.2, 0.25) is 0 Å². The summed E-state index contributed by atoms with van der Waals surface area (Å²) in [5, 5.41) is 0. The minimum Gasteiger partial charge on any atom is -0.0648 e. The molecule has 1 aromatic rings. The Hall–Kier alpha value is -0.300. The molecule has 0 nitrogen and oxygen atoms in total. The van der Waals surface area contributed by atoms with Crippen molar-refractivity contribution in [2.45, 2.75) is 38.5 Å². The molecule has 1 heteroatoms. The van der Waals surface area contributed by atoms with Crippen molar-refractivity contribution < 1.29 is 0 Å². The first-order valence-corrected chi connectivity index (χ1v) is 5.89. The monoisotopic (exact) mass is 238 g/mol. The minimum atomic E-state index is 0.817. The number of rotatable bonds is 1. The molecule has 2 rings (SSSR count). The third-order valence-electron chi connectivity index (χ3n) is 3.04. The van der Waals surface area contributed by atoms with E-state index in [2.05, 4.69) is 41.1 Å². The zero-order chi connectivity index (χ0) is 9.26. The van der Waals surface area contributed by atoms with Gasteiger partial charge in [0.15, 0.2) is 0 Å². The molecule has 0 aliphatic heterocycles. The van der Waals surface area contributed by atoms with Crippen molar-refractivity contribution in [2.24, 2.45) is 0 Å². The van der Waals surface area contributed by atoms with Crippen LogP contribution in [0.1, 0.15) is 43.2 Å². The molecule has 0 heterocycles. The van der Waals surface area contributed by atoms with Crippen molar-refractivity contribution in [3.05, 3.63) is 33.8 Å². The van der Waals surface area contributed by atoms with Crippen LogP contribution in [0.25, 0.3) is 0 Å². The lowest BCUT2D eigenvalue weighted by molar-refractivity contribution is 0.540. The van der Waals surface area contributed by atoms with E-state index in [0.29, 0.717) is 0 Å². The normalized spacial score (nSPS) is 21.2. The van der Waals surface area contributed by atoms with E-state index in [-0.39, 0.29) is 0 Å². The van der Waals surface area contributed by atoms with Crippen molar-refractivity contribution >= 4 is 15.9 Å². The summed E-state index contributed by atoms with van der Waals surface area (Å²) in [6.45, 7) is 2.29. The molecule has 1 unspecified atom stereocenters. The first-order chi connectivity index (χ1) is 6.31. The first kappa shape index (κ1) is 9.26. The van der Waals surface area contributed by atoms with Crippen LogP contribution in [0, 0.1) is 0 Å². The highest BCUT2D eigenvalue weighted by Gasteiger charge is 2.18. The largest absolute Gasteiger partial charge is 0.0648 e. The van der Waals surface area contributed by atoms with Crippen LogP contribution in [0.3, 0.4) is 0 Å². The van der Waals surface area contributed by atoms with E-state index in [1.54, 1.807) is 11.1 Å². The SMILES string of the molecule is CCC1CCCc2cc(Br)ccc21. The maximum absolute atomic E-state index is 3.53. The summed E-state index contributed by atoms with van der Waals surface area (Å²) in [6.07, 6.45) is 5.30. The van der Waals surface area contributed by atoms with Gasteiger partial charge in [0.25, 0.3) is 0 Å². The standard InChI is InChI=1S/C12H15Br/c1-2-9-4-3-5-10-8-11(13)6-7-12(9)10/h6-9H,2-5H2,1H3. The van der Waals surface area contributed by atoms with Crippen molar-refractivity contribution in [3.8, 4) is 0 Å². The smallest absolute Gasteiger partial charge is 0.0178 e. The summed E-state index contributed by atoms with van der Waals surface area (Å²) < 4.78 is 1.23. The third-order valence-corrected chi connectivity index (χ3v) is 3.53. The van der Waals surface area contributed by atoms with Gasteiger partial charge in [-0.1, -0.05) is 28.9 Å². The molecular weight excluding hydrogens is 224 g/mol. The molecule has 0 fully saturated rings. The Bertz CT molecular complexity index is 304. The Morgan fingerprint density at radius 1 is 1.46 bits per heavy atom. The predicted molar refractivity (Wildman–Crippen MR) is 60.1 cm³/mol. The maximum atomic E-state index is 3.53. The average molecular weight is 239 g/mol. The zero-order valence-electron chi connectivity index (χ0n) is 8.02. The predicted octanol–water partition coefficient (Wildman–Crippen LogP) is 4.28. The second-order valence-corrected chi connectivity index (χ2v) is 4.76. The van der Waals surface area contributed by atoms with Gasteiger partial charge in [0.1, 0.15) is 0 Å². The molecule has 0 saturated carbocycles. The molecule has 0 bridgehead atoms. The number of halogens is 1. The molecule has 13 heavy (non-hydrogen) atoms. The van der Waals surface area contributed by atoms with Gasteiger partial charge < -0.3 is 0 Å². The van der Waals surface area contributed by atoms with Crippen LogP contribution in [-0.2, 0) is 6.42 Å². The Labute approximate surface area is 88.5 Å². The fraction of sp³-hybridized carbons (Fsp3) is 0.500. The molecule has 1 aromatic carbocycles. The lowest BCUT2D eigenvalue weighted by Gasteiger charge is -2.24. The molecule has 1 aliphatic rings. The summed E-state index contributed by atoms with van der Waals surface area (Å²) in [6, 6.07) is 6.76. The summed E-state index contributed by atoms with van der Waals surface area (Å²) >= 11 is 3.53. The molecule has 0 amide bonds. The van der Waals surface area contributed by atoms with Crippen molar-refractivity contribution in [2.75, 3.05) is 0 Å². The Morgan fingerprint density at radius 3 is 3.08 bits per heavy atom. The zero-order valence-corrected chi connectivity index (χ0v) is 9.60. The van der Waals surface area contributed by atoms with Gasteiger partial charge in [-0.3, -0.25) is 0 Å². The van der Waals surface area contributed by atoms with Crippen LogP contribution in [-0.4, -0.2) is 0 Å². The number of benzene rings is 1. The van der Waals surface area contributed by atoms with Crippen LogP contribution in [0.15, 0.2) is 22.7 Å². The van der Waals surface area contributed by atoms with Gasteiger partial charge in [-0.05, 0) is 54.9 Å². The van der Waals surface area contributed by atoms with Gasteiger partial charge in [-0.2, -0.15) is 0 Å². The molecule has 0 spiro atoms. The second-order valence-electron chi connectivity index (χ2n) is 3.84. The van der Waals surface area contributed by atoms with Crippen LogP contribution in [0.4, 0.5) is 0 Å². The fourth-order valence-corrected chi connectivity index (χ4v) is 2.72. The molecule has 0 radical (unpaired) electrons. The summed E-state index contributed by atoms with van der Waals surface area (Å²) in [5.74, 6) is 0.817. The summed E-state index contributed by atoms with van der Waals surface area (Å²) in [7, 11) is 0. The highest BCUT2D eigenvalue weighted by molar-refractivity contribution is 9.10. The maximum Gasteiger partial charge on any atom is 0.0178 e. The van der Waals surface area contributed by atoms with Crippen molar-refractivity contribution in [1.29, 1.82) is 0 Å². The van der Waals surface area contributed by atoms with Gasteiger partial charge in [0.05, 0.1) is 0 Å². The average Bonchev–Trinajstić information content (AvgIpc) is 2.16. The molecular formula is C12H15Br. The van der Waals surface area contributed by atoms with Crippen molar-refractivity contribution in [3.63, 3.8) is 0 Å². The molecule has 1 atom stereocenters. The van der Waals surface area contributed by atoms with Crippen LogP contribution in [0.2, 0.25) is 0 Å². The van der Waals surface area contributed by atoms with E-state index < -0.39 is 0 Å². The second kappa shape index (κ2) is 3.83. The number of hydrogen-bond acceptors (Lipinski definition) is 0. The van der Waals surface area contributed by atoms with Gasteiger partial charge in [-0.25, -0.2) is 0 Å². The highest BCUT2D eigenvalue weighted by Crippen LogP contribution is 2.34. The van der Waals surface area contributed by atoms with Crippen LogP contribution >= 0.6 is 15.9 Å². The van der Waals surface area contributed by atoms with E-state index >= 15 is 0 Å². The van der Waals surface area contributed by atoms with E-state index in [0.717, 1.165) is 5.92 Å². The van der Waals surface area contributed by atoms with E-state index in [1.807, 2.05) is 0 Å². The quantitative estimate of drug-likeness (QED) is 0.686. The number of hydrogen-bond donors (Lipinski definition) is 0. The summed E-state index contributed by atoms with van der Waals surface area (Å²) in [5.41, 5.74) is 3.16. The van der Waals surface area contributed by atoms with Crippen molar-refractivity contribution in [1.82, 2.24) is 0 Å².